The molecule has 2 rings (SSSR count). The Balaban J connectivity index is 2.93. The van der Waals surface area contributed by atoms with Gasteiger partial charge in [-0.15, -0.1) is 0 Å². The second kappa shape index (κ2) is 1.84. The first kappa shape index (κ1) is 5.47. The van der Waals surface area contributed by atoms with E-state index in [-0.39, 0.29) is 0 Å². The third kappa shape index (κ3) is 0.620. The molecule has 0 amide bonds. The third-order valence-corrected chi connectivity index (χ3v) is 1.54. The molecule has 0 aliphatic carbocycles. The molecule has 0 atom stereocenters. The maximum Gasteiger partial charge on any atom is 0.126 e. The van der Waals surface area contributed by atoms with E-state index in [4.69, 9.17) is 4.42 Å². The minimum absolute atomic E-state index is 0.885. The van der Waals surface area contributed by atoms with Gasteiger partial charge in [-0.1, -0.05) is 0 Å². The molecule has 2 heteroatoms. The van der Waals surface area contributed by atoms with Crippen LogP contribution in [0.15, 0.2) is 29.0 Å². The Morgan fingerprint density at radius 3 is 3.20 bits per heavy atom. The summed E-state index contributed by atoms with van der Waals surface area (Å²) >= 11 is 0. The molecule has 0 aliphatic rings. The molecule has 0 aromatic carbocycles. The van der Waals surface area contributed by atoms with Crippen molar-refractivity contribution in [1.82, 2.24) is 4.98 Å². The molecule has 0 saturated carbocycles. The van der Waals surface area contributed by atoms with Crippen molar-refractivity contribution in [3.8, 4) is 0 Å². The summed E-state index contributed by atoms with van der Waals surface area (Å²) in [6.45, 7) is 1.91. The molecule has 0 spiro atoms. The molecule has 50 valence electrons. The monoisotopic (exact) mass is 133 g/mol. The highest BCUT2D eigenvalue weighted by molar-refractivity contribution is 5.79. The smallest absolute Gasteiger partial charge is 0.126 e. The Kier molecular flexibility index (Phi) is 1.01. The number of rotatable bonds is 0. The van der Waals surface area contributed by atoms with Gasteiger partial charge in [0.2, 0.25) is 0 Å². The highest BCUT2D eigenvalue weighted by Crippen LogP contribution is 2.15. The van der Waals surface area contributed by atoms with Crippen molar-refractivity contribution in [3.05, 3.63) is 30.4 Å². The molecule has 0 N–H and O–H groups in total. The summed E-state index contributed by atoms with van der Waals surface area (Å²) in [5, 5.41) is 1.07. The van der Waals surface area contributed by atoms with Crippen molar-refractivity contribution in [1.29, 1.82) is 0 Å². The van der Waals surface area contributed by atoms with Gasteiger partial charge in [0.05, 0.1) is 0 Å². The zero-order chi connectivity index (χ0) is 6.97. The number of pyridine rings is 1. The topological polar surface area (TPSA) is 26.0 Å². The number of furan rings is 1. The van der Waals surface area contributed by atoms with E-state index in [9.17, 15) is 0 Å². The van der Waals surface area contributed by atoms with Gasteiger partial charge in [0.1, 0.15) is 17.5 Å². The van der Waals surface area contributed by atoms with Gasteiger partial charge in [0, 0.05) is 11.6 Å². The third-order valence-electron chi connectivity index (χ3n) is 1.54. The average molecular weight is 133 g/mol. The summed E-state index contributed by atoms with van der Waals surface area (Å²) in [6, 6.07) is 3.89. The van der Waals surface area contributed by atoms with E-state index in [1.165, 1.54) is 0 Å². The zero-order valence-electron chi connectivity index (χ0n) is 5.66. The van der Waals surface area contributed by atoms with Gasteiger partial charge in [-0.05, 0) is 19.1 Å². The Hall–Kier alpha value is -1.31. The molecule has 0 saturated heterocycles. The fraction of sp³-hybridized carbons (Fsp3) is 0.125. The van der Waals surface area contributed by atoms with Gasteiger partial charge in [-0.3, -0.25) is 4.98 Å². The normalized spacial score (nSPS) is 10.5. The lowest BCUT2D eigenvalue weighted by atomic mass is 10.3. The van der Waals surface area contributed by atoms with Crippen LogP contribution in [0.4, 0.5) is 0 Å². The lowest BCUT2D eigenvalue weighted by molar-refractivity contribution is 0.539. The predicted molar refractivity (Wildman–Crippen MR) is 38.7 cm³/mol. The number of aromatic nitrogens is 1. The Labute approximate surface area is 58.5 Å². The van der Waals surface area contributed by atoms with Crippen molar-refractivity contribution in [3.63, 3.8) is 0 Å². The number of hydrogen-bond donors (Lipinski definition) is 0. The van der Waals surface area contributed by atoms with Crippen LogP contribution in [0, 0.1) is 6.92 Å². The molecule has 2 nitrogen and oxygen atoms in total. The van der Waals surface area contributed by atoms with Crippen LogP contribution in [-0.4, -0.2) is 4.98 Å². The lowest BCUT2D eigenvalue weighted by Gasteiger charge is -1.84. The van der Waals surface area contributed by atoms with Gasteiger partial charge < -0.3 is 4.42 Å². The second-order valence-corrected chi connectivity index (χ2v) is 2.23. The summed E-state index contributed by atoms with van der Waals surface area (Å²) in [5.41, 5.74) is 0.961. The summed E-state index contributed by atoms with van der Waals surface area (Å²) in [7, 11) is 0. The van der Waals surface area contributed by atoms with Gasteiger partial charge in [-0.25, -0.2) is 0 Å². The summed E-state index contributed by atoms with van der Waals surface area (Å²) < 4.78 is 5.15. The van der Waals surface area contributed by atoms with E-state index in [2.05, 4.69) is 4.98 Å². The molecule has 2 aromatic heterocycles. The molecular formula is C8H7NO. The van der Waals surface area contributed by atoms with E-state index in [1.807, 2.05) is 19.1 Å². The van der Waals surface area contributed by atoms with E-state index in [0.717, 1.165) is 16.7 Å². The fourth-order valence-electron chi connectivity index (χ4n) is 1.01. The molecule has 2 heterocycles. The van der Waals surface area contributed by atoms with E-state index in [1.54, 1.807) is 12.5 Å². The molecule has 0 aliphatic heterocycles. The lowest BCUT2D eigenvalue weighted by Crippen LogP contribution is -1.71. The van der Waals surface area contributed by atoms with E-state index < -0.39 is 0 Å². The zero-order valence-corrected chi connectivity index (χ0v) is 5.66. The fourth-order valence-corrected chi connectivity index (χ4v) is 1.01. The molecule has 0 fully saturated rings. The van der Waals surface area contributed by atoms with Gasteiger partial charge in [0.15, 0.2) is 0 Å². The van der Waals surface area contributed by atoms with Crippen LogP contribution in [0.2, 0.25) is 0 Å². The van der Waals surface area contributed by atoms with Crippen LogP contribution in [-0.2, 0) is 0 Å². The highest BCUT2D eigenvalue weighted by atomic mass is 16.3. The first-order chi connectivity index (χ1) is 4.88. The molecule has 2 aromatic rings. The molecular weight excluding hydrogens is 126 g/mol. The summed E-state index contributed by atoms with van der Waals surface area (Å²) in [6.07, 6.45) is 3.49. The van der Waals surface area contributed by atoms with Crippen molar-refractivity contribution >= 4 is 10.9 Å². The van der Waals surface area contributed by atoms with Crippen molar-refractivity contribution in [2.75, 3.05) is 0 Å². The predicted octanol–water partition coefficient (Wildman–Crippen LogP) is 2.14. The Morgan fingerprint density at radius 1 is 1.50 bits per heavy atom. The number of hydrogen-bond acceptors (Lipinski definition) is 2. The number of fused-ring (bicyclic) bond motifs is 1. The highest BCUT2D eigenvalue weighted by Gasteiger charge is 1.98. The second-order valence-electron chi connectivity index (χ2n) is 2.23. The average Bonchev–Trinajstić information content (AvgIpc) is 2.34. The van der Waals surface area contributed by atoms with Crippen LogP contribution in [0.25, 0.3) is 10.9 Å². The molecule has 0 unspecified atom stereocenters. The standard InChI is InChI=1S/C8H7NO/c1-6-8-7(5-10-6)3-2-4-9-8/h2-5H,1H3. The van der Waals surface area contributed by atoms with Crippen LogP contribution < -0.4 is 0 Å². The Morgan fingerprint density at radius 2 is 2.40 bits per heavy atom. The minimum Gasteiger partial charge on any atom is -0.467 e. The molecule has 10 heavy (non-hydrogen) atoms. The van der Waals surface area contributed by atoms with Gasteiger partial charge in [-0.2, -0.15) is 0 Å². The summed E-state index contributed by atoms with van der Waals surface area (Å²) in [5.74, 6) is 0.885. The van der Waals surface area contributed by atoms with Gasteiger partial charge in [0.25, 0.3) is 0 Å². The minimum atomic E-state index is 0.885. The van der Waals surface area contributed by atoms with Crippen molar-refractivity contribution in [2.45, 2.75) is 6.92 Å². The largest absolute Gasteiger partial charge is 0.467 e. The van der Waals surface area contributed by atoms with Crippen LogP contribution in [0.1, 0.15) is 5.76 Å². The van der Waals surface area contributed by atoms with E-state index in [0.29, 0.717) is 0 Å². The maximum atomic E-state index is 5.15. The van der Waals surface area contributed by atoms with Crippen LogP contribution in [0.3, 0.4) is 0 Å². The Bertz CT molecular complexity index is 351. The quantitative estimate of drug-likeness (QED) is 0.550. The van der Waals surface area contributed by atoms with Crippen molar-refractivity contribution in [2.24, 2.45) is 0 Å². The van der Waals surface area contributed by atoms with Crippen LogP contribution >= 0.6 is 0 Å². The van der Waals surface area contributed by atoms with Crippen LogP contribution in [0.5, 0.6) is 0 Å². The van der Waals surface area contributed by atoms with Crippen molar-refractivity contribution < 1.29 is 4.42 Å². The maximum absolute atomic E-state index is 5.15. The molecule has 0 bridgehead atoms. The van der Waals surface area contributed by atoms with E-state index >= 15 is 0 Å². The van der Waals surface area contributed by atoms with Gasteiger partial charge >= 0.3 is 0 Å². The summed E-state index contributed by atoms with van der Waals surface area (Å²) in [4.78, 5) is 4.15. The first-order valence-electron chi connectivity index (χ1n) is 3.17. The number of nitrogens with zero attached hydrogens (tertiary/aromatic N) is 1. The number of aryl methyl sites for hydroxylation is 1. The first-order valence-corrected chi connectivity index (χ1v) is 3.17. The SMILES string of the molecule is Cc1occ2cccnc12. The molecule has 0 radical (unpaired) electrons.